The molecule has 0 saturated carbocycles. The maximum atomic E-state index is 12.2. The Labute approximate surface area is 185 Å². The lowest BCUT2D eigenvalue weighted by molar-refractivity contribution is -0.109. The summed E-state index contributed by atoms with van der Waals surface area (Å²) in [7, 11) is -0.616. The van der Waals surface area contributed by atoms with E-state index >= 15 is 0 Å². The Hall–Kier alpha value is -2.42. The molecule has 0 aliphatic carbocycles. The molecule has 0 atom stereocenters. The van der Waals surface area contributed by atoms with E-state index in [1.807, 2.05) is 45.9 Å². The van der Waals surface area contributed by atoms with E-state index in [-0.39, 0.29) is 5.12 Å². The van der Waals surface area contributed by atoms with Crippen LogP contribution in [-0.4, -0.2) is 41.1 Å². The van der Waals surface area contributed by atoms with E-state index in [1.54, 1.807) is 18.2 Å². The Kier molecular flexibility index (Phi) is 5.36. The molecule has 0 amide bonds. The number of esters is 2. The van der Waals surface area contributed by atoms with Crippen LogP contribution >= 0.6 is 11.8 Å². The molecule has 0 aromatic heterocycles. The Balaban J connectivity index is 1.84. The van der Waals surface area contributed by atoms with E-state index in [4.69, 9.17) is 14.0 Å². The monoisotopic (exact) mass is 438 g/mol. The lowest BCUT2D eigenvalue weighted by Crippen LogP contribution is -2.41. The minimum absolute atomic E-state index is 0.00680. The van der Waals surface area contributed by atoms with Gasteiger partial charge in [-0.15, -0.1) is 0 Å². The molecular weight excluding hydrogens is 415 g/mol. The zero-order valence-electron chi connectivity index (χ0n) is 18.1. The third-order valence-electron chi connectivity index (χ3n) is 6.04. The van der Waals surface area contributed by atoms with E-state index in [2.05, 4.69) is 0 Å². The molecule has 0 bridgehead atoms. The third kappa shape index (κ3) is 3.84. The second-order valence-electron chi connectivity index (χ2n) is 8.70. The molecule has 2 aromatic carbocycles. The van der Waals surface area contributed by atoms with Crippen LogP contribution in [0.2, 0.25) is 0 Å². The molecule has 2 heterocycles. The van der Waals surface area contributed by atoms with E-state index in [0.29, 0.717) is 22.3 Å². The van der Waals surface area contributed by atoms with Crippen LogP contribution in [0.3, 0.4) is 0 Å². The summed E-state index contributed by atoms with van der Waals surface area (Å²) >= 11 is 1.18. The normalized spacial score (nSPS) is 19.6. The van der Waals surface area contributed by atoms with Crippen LogP contribution in [0.4, 0.5) is 0 Å². The Morgan fingerprint density at radius 1 is 1.00 bits per heavy atom. The van der Waals surface area contributed by atoms with E-state index in [1.165, 1.54) is 18.7 Å². The van der Waals surface area contributed by atoms with Gasteiger partial charge >= 0.3 is 19.1 Å². The van der Waals surface area contributed by atoms with Crippen molar-refractivity contribution in [3.8, 4) is 0 Å². The fourth-order valence-electron chi connectivity index (χ4n) is 3.65. The van der Waals surface area contributed by atoms with Crippen molar-refractivity contribution in [1.29, 1.82) is 0 Å². The number of hydrogen-bond donors (Lipinski definition) is 0. The largest absolute Gasteiger partial charge is 0.491 e. The second kappa shape index (κ2) is 7.62. The van der Waals surface area contributed by atoms with Crippen molar-refractivity contribution in [3.63, 3.8) is 0 Å². The van der Waals surface area contributed by atoms with Crippen LogP contribution < -0.4 is 0 Å². The number of carbonyl (C=O) groups excluding carboxylic acids is 3. The van der Waals surface area contributed by atoms with Gasteiger partial charge in [0.1, 0.15) is 0 Å². The maximum Gasteiger partial charge on any atom is 0.491 e. The first-order valence-electron chi connectivity index (χ1n) is 10.0. The highest BCUT2D eigenvalue weighted by atomic mass is 32.2. The van der Waals surface area contributed by atoms with Gasteiger partial charge in [-0.2, -0.15) is 0 Å². The van der Waals surface area contributed by atoms with Crippen LogP contribution in [-0.2, 0) is 18.8 Å². The Bertz CT molecular complexity index is 1110. The predicted octanol–water partition coefficient (Wildman–Crippen LogP) is 4.44. The number of ether oxygens (including phenoxy) is 1. The number of cyclic esters (lactones) is 2. The summed E-state index contributed by atoms with van der Waals surface area (Å²) in [6.07, 6.45) is 1.92. The second-order valence-corrected chi connectivity index (χ2v) is 9.85. The van der Waals surface area contributed by atoms with Crippen molar-refractivity contribution in [2.75, 3.05) is 5.75 Å². The Morgan fingerprint density at radius 2 is 1.61 bits per heavy atom. The predicted molar refractivity (Wildman–Crippen MR) is 121 cm³/mol. The highest BCUT2D eigenvalue weighted by Gasteiger charge is 2.52. The molecule has 6 nitrogen and oxygen atoms in total. The fourth-order valence-corrected chi connectivity index (χ4v) is 4.24. The summed E-state index contributed by atoms with van der Waals surface area (Å²) in [5, 5.41) is 1.32. The zero-order valence-corrected chi connectivity index (χ0v) is 18.9. The van der Waals surface area contributed by atoms with Gasteiger partial charge < -0.3 is 14.0 Å². The molecule has 8 heteroatoms. The summed E-state index contributed by atoms with van der Waals surface area (Å²) in [6, 6.07) is 8.73. The summed E-state index contributed by atoms with van der Waals surface area (Å²) in [5.74, 6) is -0.902. The molecule has 4 rings (SSSR count). The first kappa shape index (κ1) is 21.8. The van der Waals surface area contributed by atoms with Gasteiger partial charge in [0.25, 0.3) is 0 Å². The first-order valence-corrected chi connectivity index (χ1v) is 11.0. The van der Waals surface area contributed by atoms with Gasteiger partial charge in [-0.3, -0.25) is 4.79 Å². The van der Waals surface area contributed by atoms with Crippen molar-refractivity contribution in [2.24, 2.45) is 0 Å². The van der Waals surface area contributed by atoms with E-state index < -0.39 is 30.3 Å². The molecule has 0 N–H and O–H groups in total. The molecular formula is C23H23BO6S. The van der Waals surface area contributed by atoms with Crippen LogP contribution in [0, 0.1) is 0 Å². The summed E-state index contributed by atoms with van der Waals surface area (Å²) in [6.45, 7) is 9.42. The van der Waals surface area contributed by atoms with Crippen LogP contribution in [0.25, 0.3) is 16.8 Å². The minimum atomic E-state index is -0.650. The topological polar surface area (TPSA) is 78.9 Å². The number of benzene rings is 2. The molecule has 31 heavy (non-hydrogen) atoms. The van der Waals surface area contributed by atoms with Gasteiger partial charge in [-0.05, 0) is 56.2 Å². The number of hydrogen-bond acceptors (Lipinski definition) is 7. The third-order valence-corrected chi connectivity index (χ3v) is 6.92. The maximum absolute atomic E-state index is 12.2. The summed E-state index contributed by atoms with van der Waals surface area (Å²) in [5.41, 5.74) is 1.28. The van der Waals surface area contributed by atoms with E-state index in [0.717, 1.165) is 16.4 Å². The SMILES string of the molecule is CC(=O)SCC(=Cc1ccc2c3c(cccc13)C(=O)OC2=O)B1OC(C)(C)C(C)(C)O1. The van der Waals surface area contributed by atoms with Gasteiger partial charge in [0.05, 0.1) is 22.3 Å². The van der Waals surface area contributed by atoms with Crippen LogP contribution in [0.5, 0.6) is 0 Å². The fraction of sp³-hybridized carbons (Fsp3) is 0.348. The average molecular weight is 438 g/mol. The van der Waals surface area contributed by atoms with Crippen LogP contribution in [0.15, 0.2) is 35.8 Å². The first-order chi connectivity index (χ1) is 14.5. The van der Waals surface area contributed by atoms with Crippen molar-refractivity contribution < 1.29 is 28.4 Å². The molecule has 1 saturated heterocycles. The van der Waals surface area contributed by atoms with Gasteiger partial charge in [0.2, 0.25) is 0 Å². The van der Waals surface area contributed by atoms with Gasteiger partial charge in [0.15, 0.2) is 5.12 Å². The lowest BCUT2D eigenvalue weighted by atomic mass is 9.77. The van der Waals surface area contributed by atoms with Crippen LogP contribution in [0.1, 0.15) is 60.9 Å². The highest BCUT2D eigenvalue weighted by molar-refractivity contribution is 8.13. The average Bonchev–Trinajstić information content (AvgIpc) is 2.90. The molecule has 160 valence electrons. The summed E-state index contributed by atoms with van der Waals surface area (Å²) in [4.78, 5) is 36.1. The molecule has 2 aliphatic heterocycles. The molecule has 0 radical (unpaired) electrons. The number of rotatable bonds is 4. The highest BCUT2D eigenvalue weighted by Crippen LogP contribution is 2.40. The smallest absolute Gasteiger partial charge is 0.400 e. The lowest BCUT2D eigenvalue weighted by Gasteiger charge is -2.32. The van der Waals surface area contributed by atoms with Gasteiger partial charge in [0, 0.05) is 18.1 Å². The number of thioether (sulfide) groups is 1. The minimum Gasteiger partial charge on any atom is -0.400 e. The molecule has 1 fully saturated rings. The standard InChI is InChI=1S/C23H23BO6S/c1-13(25)31-12-15(24-29-22(2,3)23(4,5)30-24)11-14-9-10-18-19-16(14)7-6-8-17(19)20(26)28-21(18)27/h6-11H,12H2,1-5H3. The quantitative estimate of drug-likeness (QED) is 0.397. The van der Waals surface area contributed by atoms with Crippen molar-refractivity contribution >= 4 is 52.8 Å². The Morgan fingerprint density at radius 3 is 2.23 bits per heavy atom. The van der Waals surface area contributed by atoms with Crippen molar-refractivity contribution in [3.05, 3.63) is 52.5 Å². The van der Waals surface area contributed by atoms with Crippen molar-refractivity contribution in [2.45, 2.75) is 45.8 Å². The zero-order chi connectivity index (χ0) is 22.6. The number of carbonyl (C=O) groups is 3. The molecule has 2 aromatic rings. The van der Waals surface area contributed by atoms with E-state index in [9.17, 15) is 14.4 Å². The molecule has 2 aliphatic rings. The molecule has 0 spiro atoms. The van der Waals surface area contributed by atoms with Gasteiger partial charge in [-0.25, -0.2) is 9.59 Å². The van der Waals surface area contributed by atoms with Gasteiger partial charge in [-0.1, -0.05) is 36.0 Å². The van der Waals surface area contributed by atoms with Crippen molar-refractivity contribution in [1.82, 2.24) is 0 Å². The molecule has 0 unspecified atom stereocenters. The summed E-state index contributed by atoms with van der Waals surface area (Å²) < 4.78 is 17.3.